The van der Waals surface area contributed by atoms with Crippen LogP contribution in [0.3, 0.4) is 0 Å². The second kappa shape index (κ2) is 5.33. The molecule has 0 fully saturated rings. The summed E-state index contributed by atoms with van der Waals surface area (Å²) in [5.74, 6) is 0. The van der Waals surface area contributed by atoms with Crippen molar-refractivity contribution in [2.24, 2.45) is 0 Å². The molecule has 1 aliphatic heterocycles. The van der Waals surface area contributed by atoms with Crippen molar-refractivity contribution in [1.29, 1.82) is 0 Å². The molecule has 0 spiro atoms. The molecule has 0 aliphatic carbocycles. The summed E-state index contributed by atoms with van der Waals surface area (Å²) in [5, 5.41) is 14.8. The number of nitrogens with one attached hydrogen (secondary N) is 2. The third-order valence-electron chi connectivity index (χ3n) is 3.13. The largest absolute Gasteiger partial charge is 0.353 e. The Morgan fingerprint density at radius 2 is 2.05 bits per heavy atom. The molecule has 4 nitrogen and oxygen atoms in total. The fourth-order valence-corrected chi connectivity index (χ4v) is 2.52. The fourth-order valence-electron chi connectivity index (χ4n) is 2.23. The van der Waals surface area contributed by atoms with E-state index in [0.717, 1.165) is 25.2 Å². The summed E-state index contributed by atoms with van der Waals surface area (Å²) in [6.45, 7) is 1.88. The number of benzene rings is 1. The first-order chi connectivity index (χ1) is 9.24. The second-order valence-corrected chi connectivity index (χ2v) is 5.11. The quantitative estimate of drug-likeness (QED) is 0.893. The van der Waals surface area contributed by atoms with E-state index in [1.165, 1.54) is 11.1 Å². The summed E-state index contributed by atoms with van der Waals surface area (Å²) in [4.78, 5) is 0. The predicted molar refractivity (Wildman–Crippen MR) is 77.2 cm³/mol. The van der Waals surface area contributed by atoms with Gasteiger partial charge in [-0.15, -0.1) is 10.2 Å². The minimum Gasteiger partial charge on any atom is -0.353 e. The molecule has 0 unspecified atom stereocenters. The van der Waals surface area contributed by atoms with Gasteiger partial charge in [-0.1, -0.05) is 35.3 Å². The standard InChI is InChI=1S/C13H12Cl2N4/c14-12-6-11(13(15)19-18-12)17-10-3-1-2-8-7-16-5-4-9(8)10/h1-3,6,16H,4-5,7H2,(H,17,18). The van der Waals surface area contributed by atoms with E-state index < -0.39 is 0 Å². The molecular weight excluding hydrogens is 283 g/mol. The van der Waals surface area contributed by atoms with Crippen molar-refractivity contribution in [3.8, 4) is 0 Å². The van der Waals surface area contributed by atoms with Crippen molar-refractivity contribution in [2.75, 3.05) is 11.9 Å². The van der Waals surface area contributed by atoms with Gasteiger partial charge >= 0.3 is 0 Å². The van der Waals surface area contributed by atoms with Crippen molar-refractivity contribution in [3.63, 3.8) is 0 Å². The summed E-state index contributed by atoms with van der Waals surface area (Å²) in [6.07, 6.45) is 0.988. The zero-order valence-electron chi connectivity index (χ0n) is 10.1. The number of halogens is 2. The summed E-state index contributed by atoms with van der Waals surface area (Å²) >= 11 is 11.9. The average molecular weight is 295 g/mol. The zero-order chi connectivity index (χ0) is 13.2. The lowest BCUT2D eigenvalue weighted by molar-refractivity contribution is 0.645. The Balaban J connectivity index is 1.97. The van der Waals surface area contributed by atoms with E-state index in [1.54, 1.807) is 6.07 Å². The molecule has 1 aromatic carbocycles. The van der Waals surface area contributed by atoms with E-state index >= 15 is 0 Å². The summed E-state index contributed by atoms with van der Waals surface area (Å²) in [5.41, 5.74) is 4.34. The van der Waals surface area contributed by atoms with Crippen LogP contribution >= 0.6 is 23.2 Å². The molecule has 0 saturated carbocycles. The number of fused-ring (bicyclic) bond motifs is 1. The lowest BCUT2D eigenvalue weighted by Crippen LogP contribution is -2.24. The van der Waals surface area contributed by atoms with E-state index in [1.807, 2.05) is 12.1 Å². The van der Waals surface area contributed by atoms with Crippen molar-refractivity contribution >= 4 is 34.6 Å². The molecule has 0 amide bonds. The fraction of sp³-hybridized carbons (Fsp3) is 0.231. The topological polar surface area (TPSA) is 49.8 Å². The highest BCUT2D eigenvalue weighted by atomic mass is 35.5. The van der Waals surface area contributed by atoms with Gasteiger partial charge in [-0.05, 0) is 30.2 Å². The van der Waals surface area contributed by atoms with Crippen molar-refractivity contribution < 1.29 is 0 Å². The van der Waals surface area contributed by atoms with Crippen LogP contribution in [-0.2, 0) is 13.0 Å². The van der Waals surface area contributed by atoms with Gasteiger partial charge in [-0.2, -0.15) is 0 Å². The SMILES string of the molecule is Clc1cc(Nc2cccc3c2CCNC3)c(Cl)nn1. The van der Waals surface area contributed by atoms with Crippen LogP contribution in [0.5, 0.6) is 0 Å². The molecule has 1 aliphatic rings. The number of nitrogens with zero attached hydrogens (tertiary/aromatic N) is 2. The molecule has 98 valence electrons. The third kappa shape index (κ3) is 2.66. The summed E-state index contributed by atoms with van der Waals surface area (Å²) in [7, 11) is 0. The Morgan fingerprint density at radius 3 is 2.95 bits per heavy atom. The van der Waals surface area contributed by atoms with Gasteiger partial charge in [0.05, 0.1) is 5.69 Å². The Hall–Kier alpha value is -1.36. The Labute approximate surface area is 121 Å². The molecule has 2 N–H and O–H groups in total. The van der Waals surface area contributed by atoms with Crippen LogP contribution in [0, 0.1) is 0 Å². The molecule has 19 heavy (non-hydrogen) atoms. The molecule has 3 rings (SSSR count). The van der Waals surface area contributed by atoms with Gasteiger partial charge < -0.3 is 10.6 Å². The molecule has 6 heteroatoms. The second-order valence-electron chi connectivity index (χ2n) is 4.37. The molecule has 0 radical (unpaired) electrons. The molecule has 0 bridgehead atoms. The number of hydrogen-bond acceptors (Lipinski definition) is 4. The third-order valence-corrected chi connectivity index (χ3v) is 3.59. The highest BCUT2D eigenvalue weighted by molar-refractivity contribution is 6.33. The first kappa shape index (κ1) is 12.7. The lowest BCUT2D eigenvalue weighted by atomic mass is 9.99. The Morgan fingerprint density at radius 1 is 1.16 bits per heavy atom. The molecule has 0 saturated heterocycles. The van der Waals surface area contributed by atoms with Gasteiger partial charge in [0.15, 0.2) is 10.3 Å². The van der Waals surface area contributed by atoms with E-state index in [2.05, 4.69) is 26.9 Å². The number of anilines is 2. The van der Waals surface area contributed by atoms with Gasteiger partial charge in [0.25, 0.3) is 0 Å². The van der Waals surface area contributed by atoms with Crippen LogP contribution in [0.25, 0.3) is 0 Å². The van der Waals surface area contributed by atoms with Gasteiger partial charge in [-0.25, -0.2) is 0 Å². The van der Waals surface area contributed by atoms with Crippen LogP contribution < -0.4 is 10.6 Å². The van der Waals surface area contributed by atoms with E-state index in [-0.39, 0.29) is 0 Å². The van der Waals surface area contributed by atoms with Crippen molar-refractivity contribution in [1.82, 2.24) is 15.5 Å². The predicted octanol–water partition coefficient (Wildman–Crippen LogP) is 3.17. The normalized spacial score (nSPS) is 14.0. The number of aromatic nitrogens is 2. The summed E-state index contributed by atoms with van der Waals surface area (Å²) < 4.78 is 0. The first-order valence-corrected chi connectivity index (χ1v) is 6.77. The van der Waals surface area contributed by atoms with Crippen LogP contribution in [0.4, 0.5) is 11.4 Å². The maximum Gasteiger partial charge on any atom is 0.175 e. The van der Waals surface area contributed by atoms with Crippen LogP contribution in [-0.4, -0.2) is 16.7 Å². The molecule has 2 aromatic rings. The van der Waals surface area contributed by atoms with Crippen LogP contribution in [0.1, 0.15) is 11.1 Å². The Bertz CT molecular complexity index is 616. The number of rotatable bonds is 2. The van der Waals surface area contributed by atoms with Gasteiger partial charge in [0.1, 0.15) is 0 Å². The molecule has 2 heterocycles. The van der Waals surface area contributed by atoms with Gasteiger partial charge in [0.2, 0.25) is 0 Å². The lowest BCUT2D eigenvalue weighted by Gasteiger charge is -2.21. The maximum atomic E-state index is 6.02. The molecular formula is C13H12Cl2N4. The molecule has 1 aromatic heterocycles. The highest BCUT2D eigenvalue weighted by Gasteiger charge is 2.13. The smallest absolute Gasteiger partial charge is 0.175 e. The van der Waals surface area contributed by atoms with Gasteiger partial charge in [-0.3, -0.25) is 0 Å². The van der Waals surface area contributed by atoms with Crippen LogP contribution in [0.15, 0.2) is 24.3 Å². The van der Waals surface area contributed by atoms with E-state index in [0.29, 0.717) is 16.0 Å². The van der Waals surface area contributed by atoms with Gasteiger partial charge in [0, 0.05) is 18.3 Å². The van der Waals surface area contributed by atoms with E-state index in [9.17, 15) is 0 Å². The Kier molecular flexibility index (Phi) is 3.55. The minimum atomic E-state index is 0.316. The maximum absolute atomic E-state index is 6.02. The first-order valence-electron chi connectivity index (χ1n) is 6.01. The van der Waals surface area contributed by atoms with Crippen molar-refractivity contribution in [2.45, 2.75) is 13.0 Å². The van der Waals surface area contributed by atoms with Crippen molar-refractivity contribution in [3.05, 3.63) is 45.7 Å². The summed E-state index contributed by atoms with van der Waals surface area (Å²) in [6, 6.07) is 7.87. The zero-order valence-corrected chi connectivity index (χ0v) is 11.6. The van der Waals surface area contributed by atoms with Crippen LogP contribution in [0.2, 0.25) is 10.3 Å². The number of hydrogen-bond donors (Lipinski definition) is 2. The highest BCUT2D eigenvalue weighted by Crippen LogP contribution is 2.29. The monoisotopic (exact) mass is 294 g/mol. The molecule has 0 atom stereocenters. The minimum absolute atomic E-state index is 0.316. The average Bonchev–Trinajstić information content (AvgIpc) is 2.43. The van der Waals surface area contributed by atoms with E-state index in [4.69, 9.17) is 23.2 Å².